The maximum absolute atomic E-state index is 11.9. The van der Waals surface area contributed by atoms with E-state index in [1.54, 1.807) is 44.7 Å². The van der Waals surface area contributed by atoms with Crippen molar-refractivity contribution in [1.82, 2.24) is 5.43 Å². The van der Waals surface area contributed by atoms with E-state index in [2.05, 4.69) is 26.5 Å². The standard InChI is InChI=1S/C16H15BrN2O3/c1-21-13-6-4-12(5-7-13)16(20)19-18-10-11-3-8-15(22-2)14(17)9-11/h3-10H,1-2H3,(H,19,20). The number of nitrogens with zero attached hydrogens (tertiary/aromatic N) is 1. The molecular formula is C16H15BrN2O3. The van der Waals surface area contributed by atoms with Crippen LogP contribution in [-0.4, -0.2) is 26.3 Å². The van der Waals surface area contributed by atoms with Gasteiger partial charge in [-0.2, -0.15) is 5.10 Å². The average Bonchev–Trinajstić information content (AvgIpc) is 2.55. The topological polar surface area (TPSA) is 59.9 Å². The van der Waals surface area contributed by atoms with E-state index in [-0.39, 0.29) is 5.91 Å². The lowest BCUT2D eigenvalue weighted by atomic mass is 10.2. The van der Waals surface area contributed by atoms with Gasteiger partial charge < -0.3 is 9.47 Å². The maximum atomic E-state index is 11.9. The number of methoxy groups -OCH3 is 2. The van der Waals surface area contributed by atoms with Gasteiger partial charge in [-0.15, -0.1) is 0 Å². The van der Waals surface area contributed by atoms with Crippen molar-refractivity contribution in [2.24, 2.45) is 5.10 Å². The van der Waals surface area contributed by atoms with Crippen molar-refractivity contribution in [1.29, 1.82) is 0 Å². The second kappa shape index (κ2) is 7.61. The number of hydrogen-bond acceptors (Lipinski definition) is 4. The Labute approximate surface area is 137 Å². The zero-order chi connectivity index (χ0) is 15.9. The monoisotopic (exact) mass is 362 g/mol. The van der Waals surface area contributed by atoms with Crippen molar-refractivity contribution < 1.29 is 14.3 Å². The Morgan fingerprint density at radius 3 is 2.45 bits per heavy atom. The minimum Gasteiger partial charge on any atom is -0.497 e. The molecule has 0 bridgehead atoms. The molecule has 22 heavy (non-hydrogen) atoms. The fraction of sp³-hybridized carbons (Fsp3) is 0.125. The van der Waals surface area contributed by atoms with Crippen LogP contribution in [0.15, 0.2) is 52.0 Å². The number of halogens is 1. The van der Waals surface area contributed by atoms with Crippen molar-refractivity contribution in [3.05, 3.63) is 58.1 Å². The van der Waals surface area contributed by atoms with Crippen LogP contribution in [0, 0.1) is 0 Å². The summed E-state index contributed by atoms with van der Waals surface area (Å²) in [5.74, 6) is 1.15. The molecule has 2 aromatic rings. The number of ether oxygens (including phenoxy) is 2. The minimum atomic E-state index is -0.286. The zero-order valence-electron chi connectivity index (χ0n) is 12.2. The van der Waals surface area contributed by atoms with Gasteiger partial charge >= 0.3 is 0 Å². The first-order valence-electron chi connectivity index (χ1n) is 6.45. The number of rotatable bonds is 5. The zero-order valence-corrected chi connectivity index (χ0v) is 13.8. The fourth-order valence-corrected chi connectivity index (χ4v) is 2.29. The van der Waals surface area contributed by atoms with E-state index in [0.29, 0.717) is 11.3 Å². The Bertz CT molecular complexity index is 684. The summed E-state index contributed by atoms with van der Waals surface area (Å²) in [6, 6.07) is 12.3. The lowest BCUT2D eigenvalue weighted by molar-refractivity contribution is 0.0955. The molecule has 0 aromatic heterocycles. The Kier molecular flexibility index (Phi) is 5.55. The molecule has 0 saturated carbocycles. The lowest BCUT2D eigenvalue weighted by Gasteiger charge is -2.04. The first kappa shape index (κ1) is 16.0. The van der Waals surface area contributed by atoms with Crippen LogP contribution in [0.2, 0.25) is 0 Å². The quantitative estimate of drug-likeness (QED) is 0.656. The second-order valence-electron chi connectivity index (χ2n) is 4.32. The highest BCUT2D eigenvalue weighted by atomic mass is 79.9. The number of carbonyl (C=O) groups is 1. The second-order valence-corrected chi connectivity index (χ2v) is 5.18. The van der Waals surface area contributed by atoms with E-state index in [0.717, 1.165) is 15.8 Å². The first-order valence-corrected chi connectivity index (χ1v) is 7.24. The van der Waals surface area contributed by atoms with Crippen molar-refractivity contribution in [3.63, 3.8) is 0 Å². The summed E-state index contributed by atoms with van der Waals surface area (Å²) in [6.45, 7) is 0. The van der Waals surface area contributed by atoms with Crippen LogP contribution in [0.25, 0.3) is 0 Å². The van der Waals surface area contributed by atoms with Crippen LogP contribution in [0.5, 0.6) is 11.5 Å². The number of amides is 1. The number of benzene rings is 2. The lowest BCUT2D eigenvalue weighted by Crippen LogP contribution is -2.17. The SMILES string of the molecule is COc1ccc(C(=O)NN=Cc2ccc(OC)c(Br)c2)cc1. The molecule has 6 heteroatoms. The van der Waals surface area contributed by atoms with Gasteiger partial charge in [-0.1, -0.05) is 0 Å². The van der Waals surface area contributed by atoms with Gasteiger partial charge in [0.1, 0.15) is 11.5 Å². The molecule has 0 aliphatic heterocycles. The molecule has 1 amide bonds. The Balaban J connectivity index is 1.99. The molecule has 0 unspecified atom stereocenters. The summed E-state index contributed by atoms with van der Waals surface area (Å²) >= 11 is 3.39. The molecule has 0 heterocycles. The Morgan fingerprint density at radius 2 is 1.86 bits per heavy atom. The highest BCUT2D eigenvalue weighted by Crippen LogP contribution is 2.24. The van der Waals surface area contributed by atoms with Crippen molar-refractivity contribution in [2.45, 2.75) is 0 Å². The van der Waals surface area contributed by atoms with Crippen molar-refractivity contribution in [2.75, 3.05) is 14.2 Å². The fourth-order valence-electron chi connectivity index (χ4n) is 1.74. The average molecular weight is 363 g/mol. The minimum absolute atomic E-state index is 0.286. The predicted molar refractivity (Wildman–Crippen MR) is 88.7 cm³/mol. The summed E-state index contributed by atoms with van der Waals surface area (Å²) in [7, 11) is 3.18. The summed E-state index contributed by atoms with van der Waals surface area (Å²) in [5, 5.41) is 3.94. The van der Waals surface area contributed by atoms with Gasteiger partial charge in [0, 0.05) is 5.56 Å². The largest absolute Gasteiger partial charge is 0.497 e. The van der Waals surface area contributed by atoms with E-state index in [4.69, 9.17) is 9.47 Å². The number of hydrazone groups is 1. The summed E-state index contributed by atoms with van der Waals surface area (Å²) in [4.78, 5) is 11.9. The third-order valence-corrected chi connectivity index (χ3v) is 3.53. The van der Waals surface area contributed by atoms with Gasteiger partial charge in [0.05, 0.1) is 24.9 Å². The molecule has 1 N–H and O–H groups in total. The van der Waals surface area contributed by atoms with Gasteiger partial charge in [-0.25, -0.2) is 5.43 Å². The molecule has 114 valence electrons. The Hall–Kier alpha value is -2.34. The molecule has 0 saturated heterocycles. The van der Waals surface area contributed by atoms with Crippen LogP contribution in [0.1, 0.15) is 15.9 Å². The summed E-state index contributed by atoms with van der Waals surface area (Å²) in [5.41, 5.74) is 3.82. The molecular weight excluding hydrogens is 348 g/mol. The molecule has 0 fully saturated rings. The molecule has 2 rings (SSSR count). The van der Waals surface area contributed by atoms with E-state index in [9.17, 15) is 4.79 Å². The van der Waals surface area contributed by atoms with E-state index < -0.39 is 0 Å². The van der Waals surface area contributed by atoms with Gasteiger partial charge in [0.25, 0.3) is 5.91 Å². The van der Waals surface area contributed by atoms with Crippen LogP contribution in [-0.2, 0) is 0 Å². The molecule has 5 nitrogen and oxygen atoms in total. The first-order chi connectivity index (χ1) is 10.6. The number of nitrogens with one attached hydrogen (secondary N) is 1. The van der Waals surface area contributed by atoms with Crippen LogP contribution in [0.3, 0.4) is 0 Å². The van der Waals surface area contributed by atoms with E-state index in [1.807, 2.05) is 18.2 Å². The van der Waals surface area contributed by atoms with Crippen LogP contribution >= 0.6 is 15.9 Å². The summed E-state index contributed by atoms with van der Waals surface area (Å²) < 4.78 is 11.0. The van der Waals surface area contributed by atoms with Crippen molar-refractivity contribution in [3.8, 4) is 11.5 Å². The highest BCUT2D eigenvalue weighted by molar-refractivity contribution is 9.10. The normalized spacial score (nSPS) is 10.5. The van der Waals surface area contributed by atoms with E-state index in [1.165, 1.54) is 0 Å². The van der Waals surface area contributed by atoms with Gasteiger partial charge in [-0.3, -0.25) is 4.79 Å². The smallest absolute Gasteiger partial charge is 0.271 e. The van der Waals surface area contributed by atoms with Gasteiger partial charge in [0.2, 0.25) is 0 Å². The predicted octanol–water partition coefficient (Wildman–Crippen LogP) is 3.23. The van der Waals surface area contributed by atoms with E-state index >= 15 is 0 Å². The van der Waals surface area contributed by atoms with Crippen LogP contribution in [0.4, 0.5) is 0 Å². The maximum Gasteiger partial charge on any atom is 0.271 e. The molecule has 0 atom stereocenters. The molecule has 0 aliphatic carbocycles. The Morgan fingerprint density at radius 1 is 1.14 bits per heavy atom. The third kappa shape index (κ3) is 4.08. The van der Waals surface area contributed by atoms with Gasteiger partial charge in [-0.05, 0) is 64.0 Å². The third-order valence-electron chi connectivity index (χ3n) is 2.91. The molecule has 0 spiro atoms. The van der Waals surface area contributed by atoms with Crippen molar-refractivity contribution >= 4 is 28.1 Å². The molecule has 0 radical (unpaired) electrons. The molecule has 0 aliphatic rings. The highest BCUT2D eigenvalue weighted by Gasteiger charge is 2.04. The van der Waals surface area contributed by atoms with Gasteiger partial charge in [0.15, 0.2) is 0 Å². The summed E-state index contributed by atoms with van der Waals surface area (Å²) in [6.07, 6.45) is 1.56. The number of hydrogen-bond donors (Lipinski definition) is 1. The number of carbonyl (C=O) groups excluding carboxylic acids is 1. The van der Waals surface area contributed by atoms with Crippen LogP contribution < -0.4 is 14.9 Å². The molecule has 2 aromatic carbocycles.